The standard InChI is InChI=1S/C21H29FN2O3/c1-14-13-24(19(26)27-20(2,3)4)11-8-17(14)23-18(25)21(9-10-21)15-6-5-7-16(22)12-15/h5-7,12,14,17H,8-11,13H2,1-4H3,(H,23,25)/t14-,17+/m0/s1. The maximum atomic E-state index is 13.6. The van der Waals surface area contributed by atoms with E-state index < -0.39 is 11.0 Å². The first-order valence-electron chi connectivity index (χ1n) is 9.66. The molecule has 0 aromatic heterocycles. The zero-order valence-electron chi connectivity index (χ0n) is 16.5. The number of halogens is 1. The fraction of sp³-hybridized carbons (Fsp3) is 0.619. The molecule has 2 fully saturated rings. The summed E-state index contributed by atoms with van der Waals surface area (Å²) in [5, 5.41) is 3.16. The van der Waals surface area contributed by atoms with Crippen molar-refractivity contribution in [1.82, 2.24) is 10.2 Å². The van der Waals surface area contributed by atoms with Crippen molar-refractivity contribution in [3.05, 3.63) is 35.6 Å². The monoisotopic (exact) mass is 376 g/mol. The lowest BCUT2D eigenvalue weighted by molar-refractivity contribution is -0.125. The second kappa shape index (κ2) is 7.13. The predicted molar refractivity (Wildman–Crippen MR) is 101 cm³/mol. The van der Waals surface area contributed by atoms with Crippen molar-refractivity contribution < 1.29 is 18.7 Å². The third kappa shape index (κ3) is 4.42. The number of piperidine rings is 1. The van der Waals surface area contributed by atoms with Crippen LogP contribution in [0.1, 0.15) is 52.5 Å². The van der Waals surface area contributed by atoms with E-state index in [-0.39, 0.29) is 29.8 Å². The molecule has 3 rings (SSSR count). The van der Waals surface area contributed by atoms with Gasteiger partial charge in [0.05, 0.1) is 5.41 Å². The van der Waals surface area contributed by atoms with Crippen molar-refractivity contribution in [2.45, 2.75) is 64.0 Å². The number of likely N-dealkylation sites (tertiary alicyclic amines) is 1. The molecule has 1 saturated carbocycles. The van der Waals surface area contributed by atoms with Gasteiger partial charge in [0.15, 0.2) is 0 Å². The molecule has 0 spiro atoms. The first kappa shape index (κ1) is 19.6. The predicted octanol–water partition coefficient (Wildman–Crippen LogP) is 3.62. The SMILES string of the molecule is C[C@H]1CN(C(=O)OC(C)(C)C)CC[C@H]1NC(=O)C1(c2cccc(F)c2)CC1. The summed E-state index contributed by atoms with van der Waals surface area (Å²) in [6.45, 7) is 8.68. The highest BCUT2D eigenvalue weighted by Gasteiger charge is 2.52. The minimum absolute atomic E-state index is 0.00206. The van der Waals surface area contributed by atoms with Crippen LogP contribution in [0.15, 0.2) is 24.3 Å². The normalized spacial score (nSPS) is 24.3. The van der Waals surface area contributed by atoms with Crippen LogP contribution in [0.3, 0.4) is 0 Å². The van der Waals surface area contributed by atoms with E-state index in [1.807, 2.05) is 33.8 Å². The Kier molecular flexibility index (Phi) is 5.19. The van der Waals surface area contributed by atoms with Gasteiger partial charge in [0.1, 0.15) is 11.4 Å². The van der Waals surface area contributed by atoms with Gasteiger partial charge in [0.2, 0.25) is 5.91 Å². The van der Waals surface area contributed by atoms with Crippen molar-refractivity contribution in [3.8, 4) is 0 Å². The summed E-state index contributed by atoms with van der Waals surface area (Å²) in [4.78, 5) is 26.9. The Morgan fingerprint density at radius 3 is 2.56 bits per heavy atom. The molecule has 1 aromatic rings. The molecule has 2 aliphatic rings. The Morgan fingerprint density at radius 2 is 2.00 bits per heavy atom. The minimum Gasteiger partial charge on any atom is -0.444 e. The van der Waals surface area contributed by atoms with Gasteiger partial charge in [-0.3, -0.25) is 4.79 Å². The second-order valence-corrected chi connectivity index (χ2v) is 8.86. The van der Waals surface area contributed by atoms with E-state index in [2.05, 4.69) is 5.32 Å². The van der Waals surface area contributed by atoms with Crippen LogP contribution in [0.4, 0.5) is 9.18 Å². The number of carbonyl (C=O) groups excluding carboxylic acids is 2. The second-order valence-electron chi connectivity index (χ2n) is 8.86. The van der Waals surface area contributed by atoms with E-state index in [1.165, 1.54) is 12.1 Å². The maximum Gasteiger partial charge on any atom is 0.410 e. The highest BCUT2D eigenvalue weighted by atomic mass is 19.1. The number of nitrogens with one attached hydrogen (secondary N) is 1. The highest BCUT2D eigenvalue weighted by molar-refractivity contribution is 5.91. The number of amides is 2. The third-order valence-electron chi connectivity index (χ3n) is 5.44. The van der Waals surface area contributed by atoms with Crippen molar-refractivity contribution in [2.75, 3.05) is 13.1 Å². The molecular formula is C21H29FN2O3. The molecule has 1 heterocycles. The van der Waals surface area contributed by atoms with Crippen molar-refractivity contribution in [3.63, 3.8) is 0 Å². The van der Waals surface area contributed by atoms with Crippen LogP contribution in [0.2, 0.25) is 0 Å². The topological polar surface area (TPSA) is 58.6 Å². The van der Waals surface area contributed by atoms with E-state index in [1.54, 1.807) is 11.0 Å². The fourth-order valence-corrected chi connectivity index (χ4v) is 3.72. The summed E-state index contributed by atoms with van der Waals surface area (Å²) in [5.74, 6) is -0.222. The summed E-state index contributed by atoms with van der Waals surface area (Å²) >= 11 is 0. The van der Waals surface area contributed by atoms with Crippen LogP contribution in [0.5, 0.6) is 0 Å². The van der Waals surface area contributed by atoms with Crippen LogP contribution in [-0.4, -0.2) is 41.6 Å². The van der Waals surface area contributed by atoms with E-state index in [9.17, 15) is 14.0 Å². The van der Waals surface area contributed by atoms with Crippen molar-refractivity contribution in [2.24, 2.45) is 5.92 Å². The van der Waals surface area contributed by atoms with E-state index in [4.69, 9.17) is 4.74 Å². The van der Waals surface area contributed by atoms with Crippen LogP contribution in [-0.2, 0) is 14.9 Å². The Hall–Kier alpha value is -2.11. The largest absolute Gasteiger partial charge is 0.444 e. The molecule has 1 aliphatic carbocycles. The number of hydrogen-bond acceptors (Lipinski definition) is 3. The number of carbonyl (C=O) groups is 2. The summed E-state index contributed by atoms with van der Waals surface area (Å²) in [6, 6.07) is 6.33. The highest BCUT2D eigenvalue weighted by Crippen LogP contribution is 2.48. The van der Waals surface area contributed by atoms with E-state index >= 15 is 0 Å². The first-order chi connectivity index (χ1) is 12.6. The van der Waals surface area contributed by atoms with Gasteiger partial charge in [-0.1, -0.05) is 19.1 Å². The zero-order valence-corrected chi connectivity index (χ0v) is 16.5. The van der Waals surface area contributed by atoms with E-state index in [0.717, 1.165) is 18.4 Å². The van der Waals surface area contributed by atoms with Crippen molar-refractivity contribution in [1.29, 1.82) is 0 Å². The van der Waals surface area contributed by atoms with Crippen LogP contribution < -0.4 is 5.32 Å². The third-order valence-corrected chi connectivity index (χ3v) is 5.44. The maximum absolute atomic E-state index is 13.6. The molecule has 5 nitrogen and oxygen atoms in total. The Bertz CT molecular complexity index is 724. The number of hydrogen-bond donors (Lipinski definition) is 1. The molecule has 148 valence electrons. The molecule has 1 aromatic carbocycles. The van der Waals surface area contributed by atoms with Crippen LogP contribution >= 0.6 is 0 Å². The zero-order chi connectivity index (χ0) is 19.8. The number of nitrogens with zero attached hydrogens (tertiary/aromatic N) is 1. The summed E-state index contributed by atoms with van der Waals surface area (Å²) in [5.41, 5.74) is -0.363. The van der Waals surface area contributed by atoms with Crippen LogP contribution in [0.25, 0.3) is 0 Å². The van der Waals surface area contributed by atoms with Gasteiger partial charge in [0, 0.05) is 19.1 Å². The molecule has 0 unspecified atom stereocenters. The quantitative estimate of drug-likeness (QED) is 0.877. The van der Waals surface area contributed by atoms with E-state index in [0.29, 0.717) is 19.5 Å². The van der Waals surface area contributed by atoms with Gasteiger partial charge in [-0.25, -0.2) is 9.18 Å². The smallest absolute Gasteiger partial charge is 0.410 e. The van der Waals surface area contributed by atoms with Crippen LogP contribution in [0, 0.1) is 11.7 Å². The summed E-state index contributed by atoms with van der Waals surface area (Å²) in [7, 11) is 0. The number of rotatable bonds is 3. The average Bonchev–Trinajstić information content (AvgIpc) is 3.37. The molecule has 27 heavy (non-hydrogen) atoms. The fourth-order valence-electron chi connectivity index (χ4n) is 3.72. The molecule has 1 aliphatic heterocycles. The molecule has 6 heteroatoms. The average molecular weight is 376 g/mol. The molecule has 2 atom stereocenters. The minimum atomic E-state index is -0.593. The molecule has 0 radical (unpaired) electrons. The lowest BCUT2D eigenvalue weighted by Gasteiger charge is -2.38. The van der Waals surface area contributed by atoms with Gasteiger partial charge in [-0.05, 0) is 63.6 Å². The molecule has 1 saturated heterocycles. The molecule has 2 amide bonds. The van der Waals surface area contributed by atoms with Gasteiger partial charge in [-0.15, -0.1) is 0 Å². The summed E-state index contributed by atoms with van der Waals surface area (Å²) < 4.78 is 19.0. The van der Waals surface area contributed by atoms with Gasteiger partial charge in [0.25, 0.3) is 0 Å². The molecule has 0 bridgehead atoms. The molecular weight excluding hydrogens is 347 g/mol. The van der Waals surface area contributed by atoms with Gasteiger partial charge in [-0.2, -0.15) is 0 Å². The Balaban J connectivity index is 1.59. The number of benzene rings is 1. The van der Waals surface area contributed by atoms with Gasteiger partial charge >= 0.3 is 6.09 Å². The lowest BCUT2D eigenvalue weighted by Crippen LogP contribution is -2.53. The van der Waals surface area contributed by atoms with Gasteiger partial charge < -0.3 is 15.0 Å². The molecule has 1 N–H and O–H groups in total. The van der Waals surface area contributed by atoms with Crippen molar-refractivity contribution >= 4 is 12.0 Å². The lowest BCUT2D eigenvalue weighted by atomic mass is 9.90. The Morgan fingerprint density at radius 1 is 1.30 bits per heavy atom. The number of ether oxygens (including phenoxy) is 1. The summed E-state index contributed by atoms with van der Waals surface area (Å²) in [6.07, 6.45) is 1.87. The Labute approximate surface area is 160 Å². The first-order valence-corrected chi connectivity index (χ1v) is 9.66.